The summed E-state index contributed by atoms with van der Waals surface area (Å²) in [6.07, 6.45) is 10.8. The molecule has 2 rings (SSSR count). The predicted octanol–water partition coefficient (Wildman–Crippen LogP) is 5.39. The lowest BCUT2D eigenvalue weighted by atomic mass is 10.0. The van der Waals surface area contributed by atoms with Gasteiger partial charge in [-0.15, -0.1) is 0 Å². The second-order valence-electron chi connectivity index (χ2n) is 7.05. The van der Waals surface area contributed by atoms with Gasteiger partial charge in [0.2, 0.25) is 0 Å². The van der Waals surface area contributed by atoms with Crippen molar-refractivity contribution in [3.8, 4) is 17.1 Å². The van der Waals surface area contributed by atoms with E-state index < -0.39 is 5.97 Å². The second kappa shape index (κ2) is 13.5. The summed E-state index contributed by atoms with van der Waals surface area (Å²) in [4.78, 5) is 20.3. The van der Waals surface area contributed by atoms with Crippen molar-refractivity contribution in [2.24, 2.45) is 0 Å². The maximum Gasteiger partial charge on any atom is 0.335 e. The number of aliphatic carboxylic acids is 1. The van der Waals surface area contributed by atoms with Gasteiger partial charge in [-0.05, 0) is 31.2 Å². The molecule has 1 N–H and O–H groups in total. The largest absolute Gasteiger partial charge is 0.490 e. The fourth-order valence-corrected chi connectivity index (χ4v) is 2.86. The van der Waals surface area contributed by atoms with E-state index in [1.54, 1.807) is 30.6 Å². The van der Waals surface area contributed by atoms with Crippen LogP contribution in [0.2, 0.25) is 0 Å². The lowest BCUT2D eigenvalue weighted by molar-refractivity contribution is -0.130. The SMILES string of the molecule is CCCCC=C(C(=O)O)c1ccc(-c2ncc(OCCCCOCCC)cn2)cc1. The van der Waals surface area contributed by atoms with Crippen molar-refractivity contribution in [3.05, 3.63) is 48.3 Å². The van der Waals surface area contributed by atoms with Crippen LogP contribution in [0.25, 0.3) is 17.0 Å². The monoisotopic (exact) mass is 412 g/mol. The average molecular weight is 413 g/mol. The van der Waals surface area contributed by atoms with Crippen molar-refractivity contribution >= 4 is 11.5 Å². The van der Waals surface area contributed by atoms with E-state index in [1.807, 2.05) is 12.1 Å². The number of nitrogens with zero attached hydrogens (tertiary/aromatic N) is 2. The van der Waals surface area contributed by atoms with Crippen molar-refractivity contribution in [3.63, 3.8) is 0 Å². The molecule has 0 amide bonds. The number of ether oxygens (including phenoxy) is 2. The highest BCUT2D eigenvalue weighted by Gasteiger charge is 2.11. The van der Waals surface area contributed by atoms with Crippen LogP contribution in [-0.4, -0.2) is 40.9 Å². The lowest BCUT2D eigenvalue weighted by Gasteiger charge is -2.07. The first-order valence-corrected chi connectivity index (χ1v) is 10.7. The average Bonchev–Trinajstić information content (AvgIpc) is 2.76. The Balaban J connectivity index is 1.90. The third-order valence-electron chi connectivity index (χ3n) is 4.52. The molecule has 0 saturated carbocycles. The number of allylic oxidation sites excluding steroid dienone is 1. The molecule has 0 radical (unpaired) electrons. The standard InChI is InChI=1S/C24H32N2O4/c1-3-5-6-9-22(24(27)28)19-10-12-20(13-11-19)23-25-17-21(18-26-23)30-16-8-7-15-29-14-4-2/h9-13,17-18H,3-8,14-16H2,1-2H3,(H,27,28). The molecule has 6 heteroatoms. The molecule has 0 atom stereocenters. The van der Waals surface area contributed by atoms with Crippen molar-refractivity contribution in [1.29, 1.82) is 0 Å². The molecule has 0 saturated heterocycles. The Bertz CT molecular complexity index is 786. The van der Waals surface area contributed by atoms with Gasteiger partial charge in [0.25, 0.3) is 0 Å². The van der Waals surface area contributed by atoms with Crippen molar-refractivity contribution < 1.29 is 19.4 Å². The summed E-state index contributed by atoms with van der Waals surface area (Å²) < 4.78 is 11.1. The quantitative estimate of drug-likeness (QED) is 0.331. The Kier molecular flexibility index (Phi) is 10.6. The zero-order valence-electron chi connectivity index (χ0n) is 18.0. The topological polar surface area (TPSA) is 81.5 Å². The number of carboxylic acid groups (broad SMARTS) is 1. The number of carboxylic acids is 1. The number of benzene rings is 1. The number of rotatable bonds is 14. The molecular formula is C24H32N2O4. The Hall–Kier alpha value is -2.73. The highest BCUT2D eigenvalue weighted by Crippen LogP contribution is 2.22. The first-order chi connectivity index (χ1) is 14.7. The molecule has 2 aromatic rings. The van der Waals surface area contributed by atoms with E-state index in [2.05, 4.69) is 23.8 Å². The first kappa shape index (κ1) is 23.5. The van der Waals surface area contributed by atoms with Gasteiger partial charge in [-0.2, -0.15) is 0 Å². The van der Waals surface area contributed by atoms with Crippen LogP contribution in [0, 0.1) is 0 Å². The lowest BCUT2D eigenvalue weighted by Crippen LogP contribution is -2.02. The minimum absolute atomic E-state index is 0.333. The fraction of sp³-hybridized carbons (Fsp3) is 0.458. The van der Waals surface area contributed by atoms with Gasteiger partial charge in [-0.25, -0.2) is 14.8 Å². The van der Waals surface area contributed by atoms with Crippen molar-refractivity contribution in [2.45, 2.75) is 52.4 Å². The Morgan fingerprint density at radius 3 is 2.30 bits per heavy atom. The maximum atomic E-state index is 11.5. The van der Waals surface area contributed by atoms with Crippen LogP contribution in [0.4, 0.5) is 0 Å². The van der Waals surface area contributed by atoms with E-state index in [1.165, 1.54) is 0 Å². The molecule has 0 aliphatic heterocycles. The molecule has 0 aliphatic carbocycles. The van der Waals surface area contributed by atoms with E-state index in [0.29, 0.717) is 29.3 Å². The highest BCUT2D eigenvalue weighted by atomic mass is 16.5. The second-order valence-corrected chi connectivity index (χ2v) is 7.05. The predicted molar refractivity (Wildman–Crippen MR) is 118 cm³/mol. The molecule has 0 fully saturated rings. The number of unbranched alkanes of at least 4 members (excludes halogenated alkanes) is 3. The first-order valence-electron chi connectivity index (χ1n) is 10.7. The molecule has 0 bridgehead atoms. The summed E-state index contributed by atoms with van der Waals surface area (Å²) in [5.74, 6) is 0.305. The van der Waals surface area contributed by atoms with Crippen LogP contribution in [0.3, 0.4) is 0 Å². The van der Waals surface area contributed by atoms with Gasteiger partial charge in [0.05, 0.1) is 24.6 Å². The van der Waals surface area contributed by atoms with Gasteiger partial charge in [-0.1, -0.05) is 57.0 Å². The summed E-state index contributed by atoms with van der Waals surface area (Å²) in [6, 6.07) is 7.29. The molecule has 1 heterocycles. The summed E-state index contributed by atoms with van der Waals surface area (Å²) in [6.45, 7) is 6.36. The van der Waals surface area contributed by atoms with Gasteiger partial charge in [0.15, 0.2) is 11.6 Å². The van der Waals surface area contributed by atoms with Gasteiger partial charge in [0.1, 0.15) is 0 Å². The molecule has 1 aromatic heterocycles. The highest BCUT2D eigenvalue weighted by molar-refractivity contribution is 6.15. The van der Waals surface area contributed by atoms with E-state index in [4.69, 9.17) is 9.47 Å². The minimum Gasteiger partial charge on any atom is -0.490 e. The van der Waals surface area contributed by atoms with Crippen LogP contribution in [0.1, 0.15) is 57.9 Å². The van der Waals surface area contributed by atoms with E-state index >= 15 is 0 Å². The summed E-state index contributed by atoms with van der Waals surface area (Å²) in [7, 11) is 0. The van der Waals surface area contributed by atoms with Gasteiger partial charge >= 0.3 is 5.97 Å². The van der Waals surface area contributed by atoms with Gasteiger partial charge < -0.3 is 14.6 Å². The zero-order valence-corrected chi connectivity index (χ0v) is 18.0. The molecule has 0 spiro atoms. The number of carbonyl (C=O) groups is 1. The zero-order chi connectivity index (χ0) is 21.6. The number of hydrogen-bond donors (Lipinski definition) is 1. The third-order valence-corrected chi connectivity index (χ3v) is 4.52. The molecule has 1 aromatic carbocycles. The summed E-state index contributed by atoms with van der Waals surface area (Å²) in [5, 5.41) is 9.47. The van der Waals surface area contributed by atoms with Crippen LogP contribution < -0.4 is 4.74 Å². The fourth-order valence-electron chi connectivity index (χ4n) is 2.86. The van der Waals surface area contributed by atoms with E-state index in [9.17, 15) is 9.90 Å². The molecule has 0 aliphatic rings. The van der Waals surface area contributed by atoms with Crippen LogP contribution in [-0.2, 0) is 9.53 Å². The van der Waals surface area contributed by atoms with E-state index in [0.717, 1.165) is 57.3 Å². The molecule has 6 nitrogen and oxygen atoms in total. The minimum atomic E-state index is -0.909. The Labute approximate surface area is 179 Å². The normalized spacial score (nSPS) is 11.5. The van der Waals surface area contributed by atoms with Crippen molar-refractivity contribution in [1.82, 2.24) is 9.97 Å². The summed E-state index contributed by atoms with van der Waals surface area (Å²) in [5.41, 5.74) is 1.85. The molecule has 0 unspecified atom stereocenters. The van der Waals surface area contributed by atoms with Crippen LogP contribution >= 0.6 is 0 Å². The van der Waals surface area contributed by atoms with E-state index in [-0.39, 0.29) is 0 Å². The number of hydrogen-bond acceptors (Lipinski definition) is 5. The maximum absolute atomic E-state index is 11.5. The Morgan fingerprint density at radius 1 is 0.967 bits per heavy atom. The van der Waals surface area contributed by atoms with Crippen LogP contribution in [0.15, 0.2) is 42.7 Å². The summed E-state index contributed by atoms with van der Waals surface area (Å²) >= 11 is 0. The molecule has 162 valence electrons. The number of aromatic nitrogens is 2. The van der Waals surface area contributed by atoms with Gasteiger partial charge in [0, 0.05) is 18.8 Å². The molecular weight excluding hydrogens is 380 g/mol. The smallest absolute Gasteiger partial charge is 0.335 e. The van der Waals surface area contributed by atoms with Crippen LogP contribution in [0.5, 0.6) is 5.75 Å². The Morgan fingerprint density at radius 2 is 1.67 bits per heavy atom. The van der Waals surface area contributed by atoms with Gasteiger partial charge in [-0.3, -0.25) is 0 Å². The third kappa shape index (κ3) is 7.95. The molecule has 30 heavy (non-hydrogen) atoms. The van der Waals surface area contributed by atoms with Crippen molar-refractivity contribution in [2.75, 3.05) is 19.8 Å².